The lowest BCUT2D eigenvalue weighted by Gasteiger charge is -2.10. The highest BCUT2D eigenvalue weighted by Crippen LogP contribution is 2.18. The van der Waals surface area contributed by atoms with Crippen LogP contribution < -0.4 is 0 Å². The first-order chi connectivity index (χ1) is 8.15. The number of rotatable bonds is 3. The Bertz CT molecular complexity index is 484. The van der Waals surface area contributed by atoms with Crippen LogP contribution in [-0.4, -0.2) is 10.1 Å². The Kier molecular flexibility index (Phi) is 3.86. The Morgan fingerprint density at radius 1 is 1.18 bits per heavy atom. The number of pyridine rings is 1. The molecular weight excluding hydrogens is 285 g/mol. The highest BCUT2D eigenvalue weighted by Gasteiger charge is 2.09. The molecule has 0 fully saturated rings. The van der Waals surface area contributed by atoms with Crippen molar-refractivity contribution in [3.63, 3.8) is 0 Å². The number of aromatic nitrogens is 1. The third kappa shape index (κ3) is 3.35. The van der Waals surface area contributed by atoms with Gasteiger partial charge in [0.25, 0.3) is 0 Å². The van der Waals surface area contributed by atoms with E-state index < -0.39 is 6.10 Å². The fourth-order valence-corrected chi connectivity index (χ4v) is 1.76. The van der Waals surface area contributed by atoms with Crippen molar-refractivity contribution in [3.05, 3.63) is 64.1 Å². The summed E-state index contributed by atoms with van der Waals surface area (Å²) in [6, 6.07) is 9.56. The normalized spacial score (nSPS) is 12.4. The number of benzene rings is 1. The zero-order chi connectivity index (χ0) is 12.3. The molecule has 1 N–H and O–H groups in total. The van der Waals surface area contributed by atoms with Crippen molar-refractivity contribution in [1.29, 1.82) is 0 Å². The third-order valence-electron chi connectivity index (χ3n) is 2.45. The second kappa shape index (κ2) is 5.38. The van der Waals surface area contributed by atoms with Gasteiger partial charge in [-0.2, -0.15) is 0 Å². The summed E-state index contributed by atoms with van der Waals surface area (Å²) >= 11 is 3.30. The van der Waals surface area contributed by atoms with E-state index in [-0.39, 0.29) is 5.82 Å². The van der Waals surface area contributed by atoms with Gasteiger partial charge >= 0.3 is 0 Å². The molecule has 2 aromatic rings. The summed E-state index contributed by atoms with van der Waals surface area (Å²) in [4.78, 5) is 4.18. The SMILES string of the molecule is OC(Cc1ccc(Br)cn1)c1ccc(F)cc1. The van der Waals surface area contributed by atoms with Gasteiger partial charge in [-0.25, -0.2) is 4.39 Å². The number of nitrogens with zero attached hydrogens (tertiary/aromatic N) is 1. The molecule has 0 aliphatic rings. The molecule has 0 bridgehead atoms. The summed E-state index contributed by atoms with van der Waals surface area (Å²) in [5.74, 6) is -0.303. The van der Waals surface area contributed by atoms with Gasteiger partial charge in [0.05, 0.1) is 6.10 Å². The minimum Gasteiger partial charge on any atom is -0.388 e. The van der Waals surface area contributed by atoms with E-state index in [0.717, 1.165) is 10.2 Å². The number of halogens is 2. The third-order valence-corrected chi connectivity index (χ3v) is 2.91. The Hall–Kier alpha value is -1.26. The Balaban J connectivity index is 2.08. The van der Waals surface area contributed by atoms with Crippen LogP contribution in [0.1, 0.15) is 17.4 Å². The van der Waals surface area contributed by atoms with Crippen LogP contribution in [0, 0.1) is 5.82 Å². The lowest BCUT2D eigenvalue weighted by Crippen LogP contribution is -2.03. The molecular formula is C13H11BrFNO. The van der Waals surface area contributed by atoms with Gasteiger partial charge < -0.3 is 5.11 Å². The van der Waals surface area contributed by atoms with Crippen molar-refractivity contribution in [2.75, 3.05) is 0 Å². The predicted octanol–water partition coefficient (Wildman–Crippen LogP) is 3.26. The summed E-state index contributed by atoms with van der Waals surface area (Å²) in [7, 11) is 0. The molecule has 17 heavy (non-hydrogen) atoms. The molecule has 0 spiro atoms. The summed E-state index contributed by atoms with van der Waals surface area (Å²) < 4.78 is 13.6. The van der Waals surface area contributed by atoms with Gasteiger partial charge in [0.2, 0.25) is 0 Å². The predicted molar refractivity (Wildman–Crippen MR) is 67.0 cm³/mol. The molecule has 88 valence electrons. The average molecular weight is 296 g/mol. The number of aliphatic hydroxyl groups is 1. The quantitative estimate of drug-likeness (QED) is 0.943. The van der Waals surface area contributed by atoms with Crippen LogP contribution in [0.25, 0.3) is 0 Å². The van der Waals surface area contributed by atoms with Gasteiger partial charge in [0, 0.05) is 22.8 Å². The van der Waals surface area contributed by atoms with Gasteiger partial charge in [-0.3, -0.25) is 4.98 Å². The maximum atomic E-state index is 12.7. The highest BCUT2D eigenvalue weighted by atomic mass is 79.9. The Labute approximate surface area is 107 Å². The van der Waals surface area contributed by atoms with E-state index in [4.69, 9.17) is 0 Å². The number of hydrogen-bond acceptors (Lipinski definition) is 2. The maximum Gasteiger partial charge on any atom is 0.123 e. The molecule has 0 saturated heterocycles. The summed E-state index contributed by atoms with van der Waals surface area (Å²) in [5, 5.41) is 9.96. The standard InChI is InChI=1S/C13H11BrFNO/c14-10-3-6-12(16-8-10)7-13(17)9-1-4-11(15)5-2-9/h1-6,8,13,17H,7H2. The van der Waals surface area contributed by atoms with Gasteiger partial charge in [0.1, 0.15) is 5.82 Å². The van der Waals surface area contributed by atoms with E-state index in [1.807, 2.05) is 12.1 Å². The minimum absolute atomic E-state index is 0.303. The molecule has 1 heterocycles. The second-order valence-electron chi connectivity index (χ2n) is 3.74. The van der Waals surface area contributed by atoms with E-state index in [2.05, 4.69) is 20.9 Å². The van der Waals surface area contributed by atoms with Crippen LogP contribution in [0.4, 0.5) is 4.39 Å². The van der Waals surface area contributed by atoms with E-state index in [0.29, 0.717) is 12.0 Å². The molecule has 2 rings (SSSR count). The van der Waals surface area contributed by atoms with E-state index in [1.54, 1.807) is 18.3 Å². The van der Waals surface area contributed by atoms with E-state index >= 15 is 0 Å². The monoisotopic (exact) mass is 295 g/mol. The minimum atomic E-state index is -0.663. The molecule has 0 saturated carbocycles. The summed E-state index contributed by atoms with van der Waals surface area (Å²) in [5.41, 5.74) is 1.49. The smallest absolute Gasteiger partial charge is 0.123 e. The zero-order valence-corrected chi connectivity index (χ0v) is 10.6. The Morgan fingerprint density at radius 3 is 2.47 bits per heavy atom. The molecule has 1 atom stereocenters. The highest BCUT2D eigenvalue weighted by molar-refractivity contribution is 9.10. The maximum absolute atomic E-state index is 12.7. The largest absolute Gasteiger partial charge is 0.388 e. The van der Waals surface area contributed by atoms with E-state index in [1.165, 1.54) is 12.1 Å². The lowest BCUT2D eigenvalue weighted by molar-refractivity contribution is 0.177. The van der Waals surface area contributed by atoms with Crippen molar-refractivity contribution >= 4 is 15.9 Å². The number of hydrogen-bond donors (Lipinski definition) is 1. The van der Waals surface area contributed by atoms with Crippen molar-refractivity contribution in [2.45, 2.75) is 12.5 Å². The first-order valence-corrected chi connectivity index (χ1v) is 5.98. The van der Waals surface area contributed by atoms with Crippen LogP contribution in [-0.2, 0) is 6.42 Å². The zero-order valence-electron chi connectivity index (χ0n) is 8.98. The van der Waals surface area contributed by atoms with Gasteiger partial charge in [-0.05, 0) is 45.8 Å². The topological polar surface area (TPSA) is 33.1 Å². The fourth-order valence-electron chi connectivity index (χ4n) is 1.53. The molecule has 0 radical (unpaired) electrons. The first-order valence-electron chi connectivity index (χ1n) is 5.19. The van der Waals surface area contributed by atoms with Crippen LogP contribution in [0.3, 0.4) is 0 Å². The van der Waals surface area contributed by atoms with Crippen molar-refractivity contribution < 1.29 is 9.50 Å². The van der Waals surface area contributed by atoms with Crippen LogP contribution >= 0.6 is 15.9 Å². The molecule has 4 heteroatoms. The molecule has 2 nitrogen and oxygen atoms in total. The lowest BCUT2D eigenvalue weighted by atomic mass is 10.0. The number of aliphatic hydroxyl groups excluding tert-OH is 1. The summed E-state index contributed by atoms with van der Waals surface area (Å²) in [6.45, 7) is 0. The molecule has 0 aliphatic heterocycles. The van der Waals surface area contributed by atoms with Crippen molar-refractivity contribution in [3.8, 4) is 0 Å². The van der Waals surface area contributed by atoms with E-state index in [9.17, 15) is 9.50 Å². The average Bonchev–Trinajstić information content (AvgIpc) is 2.33. The van der Waals surface area contributed by atoms with Gasteiger partial charge in [0.15, 0.2) is 0 Å². The van der Waals surface area contributed by atoms with Crippen LogP contribution in [0.2, 0.25) is 0 Å². The Morgan fingerprint density at radius 2 is 1.88 bits per heavy atom. The summed E-state index contributed by atoms with van der Waals surface area (Å²) in [6.07, 6.45) is 1.44. The van der Waals surface area contributed by atoms with Crippen LogP contribution in [0.15, 0.2) is 47.1 Å². The fraction of sp³-hybridized carbons (Fsp3) is 0.154. The van der Waals surface area contributed by atoms with Crippen molar-refractivity contribution in [1.82, 2.24) is 4.98 Å². The second-order valence-corrected chi connectivity index (χ2v) is 4.65. The molecule has 0 amide bonds. The molecule has 0 aliphatic carbocycles. The van der Waals surface area contributed by atoms with Gasteiger partial charge in [-0.1, -0.05) is 12.1 Å². The first kappa shape index (κ1) is 12.2. The van der Waals surface area contributed by atoms with Crippen LogP contribution in [0.5, 0.6) is 0 Å². The van der Waals surface area contributed by atoms with Crippen molar-refractivity contribution in [2.24, 2.45) is 0 Å². The molecule has 1 aromatic carbocycles. The molecule has 1 unspecified atom stereocenters. The van der Waals surface area contributed by atoms with Gasteiger partial charge in [-0.15, -0.1) is 0 Å². The molecule has 1 aromatic heterocycles.